The highest BCUT2D eigenvalue weighted by Crippen LogP contribution is 2.15. The molecule has 0 amide bonds. The third-order valence-electron chi connectivity index (χ3n) is 3.78. The van der Waals surface area contributed by atoms with Gasteiger partial charge >= 0.3 is 0 Å². The molecule has 2 unspecified atom stereocenters. The third kappa shape index (κ3) is 3.34. The van der Waals surface area contributed by atoms with Gasteiger partial charge in [0, 0.05) is 25.8 Å². The van der Waals surface area contributed by atoms with Gasteiger partial charge in [-0.3, -0.25) is 0 Å². The zero-order valence-electron chi connectivity index (χ0n) is 11.7. The number of aromatic nitrogens is 2. The summed E-state index contributed by atoms with van der Waals surface area (Å²) in [6.45, 7) is 5.30. The predicted molar refractivity (Wildman–Crippen MR) is 73.3 cm³/mol. The first-order valence-corrected chi connectivity index (χ1v) is 8.11. The van der Waals surface area contributed by atoms with Crippen molar-refractivity contribution in [3.8, 4) is 0 Å². The summed E-state index contributed by atoms with van der Waals surface area (Å²) in [5, 5.41) is 3.45. The van der Waals surface area contributed by atoms with Gasteiger partial charge in [0.05, 0.1) is 0 Å². The van der Waals surface area contributed by atoms with Gasteiger partial charge in [0.25, 0.3) is 10.0 Å². The number of nitrogens with one attached hydrogen (secondary N) is 2. The molecule has 0 radical (unpaired) electrons. The van der Waals surface area contributed by atoms with Gasteiger partial charge in [-0.05, 0) is 32.2 Å². The van der Waals surface area contributed by atoms with Crippen molar-refractivity contribution in [2.45, 2.75) is 37.8 Å². The van der Waals surface area contributed by atoms with Crippen molar-refractivity contribution >= 4 is 10.0 Å². The number of piperidine rings is 1. The maximum Gasteiger partial charge on any atom is 0.259 e. The highest BCUT2D eigenvalue weighted by Gasteiger charge is 2.24. The van der Waals surface area contributed by atoms with Crippen molar-refractivity contribution in [2.24, 2.45) is 13.0 Å². The Bertz CT molecular complexity index is 518. The Balaban J connectivity index is 2.01. The fourth-order valence-corrected chi connectivity index (χ4v) is 3.41. The minimum Gasteiger partial charge on any atom is -0.337 e. The molecule has 1 aromatic heterocycles. The first-order valence-electron chi connectivity index (χ1n) is 6.63. The number of nitrogens with zero attached hydrogens (tertiary/aromatic N) is 2. The molecule has 0 saturated carbocycles. The molecule has 1 aromatic rings. The largest absolute Gasteiger partial charge is 0.337 e. The van der Waals surface area contributed by atoms with Crippen molar-refractivity contribution < 1.29 is 8.42 Å². The SMILES string of the molecule is Cc1nc(S(=O)(=O)NCC2NCCCC2C)cn1C. The molecule has 1 aliphatic rings. The number of imidazole rings is 1. The first kappa shape index (κ1) is 14.5. The lowest BCUT2D eigenvalue weighted by atomic mass is 9.93. The molecule has 0 aromatic carbocycles. The van der Waals surface area contributed by atoms with E-state index in [1.165, 1.54) is 6.20 Å². The van der Waals surface area contributed by atoms with E-state index in [0.29, 0.717) is 18.3 Å². The van der Waals surface area contributed by atoms with Crippen LogP contribution in [0.25, 0.3) is 0 Å². The highest BCUT2D eigenvalue weighted by molar-refractivity contribution is 7.89. The Hall–Kier alpha value is -0.920. The summed E-state index contributed by atoms with van der Waals surface area (Å²) in [4.78, 5) is 4.06. The second kappa shape index (κ2) is 5.60. The molecule has 2 N–H and O–H groups in total. The zero-order valence-corrected chi connectivity index (χ0v) is 12.5. The Labute approximate surface area is 114 Å². The smallest absolute Gasteiger partial charge is 0.259 e. The molecule has 1 aliphatic heterocycles. The van der Waals surface area contributed by atoms with Gasteiger partial charge in [-0.1, -0.05) is 6.92 Å². The second-order valence-electron chi connectivity index (χ2n) is 5.27. The topological polar surface area (TPSA) is 76.0 Å². The van der Waals surface area contributed by atoms with Crippen LogP contribution in [0, 0.1) is 12.8 Å². The van der Waals surface area contributed by atoms with Crippen LogP contribution in [0.15, 0.2) is 11.2 Å². The number of hydrogen-bond donors (Lipinski definition) is 2. The van der Waals surface area contributed by atoms with Crippen LogP contribution in [0.5, 0.6) is 0 Å². The van der Waals surface area contributed by atoms with Crippen molar-refractivity contribution in [3.05, 3.63) is 12.0 Å². The van der Waals surface area contributed by atoms with E-state index in [1.54, 1.807) is 18.5 Å². The Morgan fingerprint density at radius 1 is 1.58 bits per heavy atom. The summed E-state index contributed by atoms with van der Waals surface area (Å²) in [6.07, 6.45) is 3.83. The minimum atomic E-state index is -3.51. The molecule has 2 heterocycles. The van der Waals surface area contributed by atoms with E-state index in [1.807, 2.05) is 0 Å². The number of hydrogen-bond acceptors (Lipinski definition) is 4. The highest BCUT2D eigenvalue weighted by atomic mass is 32.2. The van der Waals surface area contributed by atoms with Crippen LogP contribution < -0.4 is 10.0 Å². The Kier molecular flexibility index (Phi) is 4.27. The lowest BCUT2D eigenvalue weighted by molar-refractivity contribution is 0.300. The second-order valence-corrected chi connectivity index (χ2v) is 6.98. The third-order valence-corrected chi connectivity index (χ3v) is 5.08. The number of sulfonamides is 1. The van der Waals surface area contributed by atoms with Gasteiger partial charge in [-0.2, -0.15) is 0 Å². The number of aryl methyl sites for hydroxylation is 2. The molecule has 2 rings (SSSR count). The van der Waals surface area contributed by atoms with Crippen LogP contribution in [0.2, 0.25) is 0 Å². The van der Waals surface area contributed by atoms with Gasteiger partial charge in [-0.25, -0.2) is 18.1 Å². The summed E-state index contributed by atoms with van der Waals surface area (Å²) in [5.41, 5.74) is 0. The van der Waals surface area contributed by atoms with Crippen molar-refractivity contribution in [1.82, 2.24) is 19.6 Å². The fourth-order valence-electron chi connectivity index (χ4n) is 2.32. The molecule has 1 fully saturated rings. The van der Waals surface area contributed by atoms with Crippen LogP contribution in [0.4, 0.5) is 0 Å². The van der Waals surface area contributed by atoms with E-state index < -0.39 is 10.0 Å². The van der Waals surface area contributed by atoms with Gasteiger partial charge < -0.3 is 9.88 Å². The Morgan fingerprint density at radius 3 is 2.89 bits per heavy atom. The molecule has 0 bridgehead atoms. The normalized spacial score (nSPS) is 24.6. The molecule has 108 valence electrons. The van der Waals surface area contributed by atoms with Crippen LogP contribution >= 0.6 is 0 Å². The van der Waals surface area contributed by atoms with Crippen LogP contribution in [-0.4, -0.2) is 37.1 Å². The molecular weight excluding hydrogens is 264 g/mol. The van der Waals surface area contributed by atoms with Gasteiger partial charge in [-0.15, -0.1) is 0 Å². The molecule has 7 heteroatoms. The maximum absolute atomic E-state index is 12.1. The monoisotopic (exact) mass is 286 g/mol. The molecule has 19 heavy (non-hydrogen) atoms. The van der Waals surface area contributed by atoms with E-state index >= 15 is 0 Å². The van der Waals surface area contributed by atoms with E-state index in [-0.39, 0.29) is 11.1 Å². The molecule has 1 saturated heterocycles. The molecule has 0 aliphatic carbocycles. The average Bonchev–Trinajstić information content (AvgIpc) is 2.70. The van der Waals surface area contributed by atoms with E-state index in [4.69, 9.17) is 0 Å². The van der Waals surface area contributed by atoms with Crippen molar-refractivity contribution in [2.75, 3.05) is 13.1 Å². The van der Waals surface area contributed by atoms with E-state index in [9.17, 15) is 8.42 Å². The van der Waals surface area contributed by atoms with Gasteiger partial charge in [0.15, 0.2) is 5.03 Å². The number of rotatable bonds is 4. The molecule has 0 spiro atoms. The van der Waals surface area contributed by atoms with Gasteiger partial charge in [0.1, 0.15) is 5.82 Å². The summed E-state index contributed by atoms with van der Waals surface area (Å²) in [6, 6.07) is 0.202. The van der Waals surface area contributed by atoms with Crippen LogP contribution in [0.3, 0.4) is 0 Å². The molecule has 2 atom stereocenters. The molecule has 6 nitrogen and oxygen atoms in total. The maximum atomic E-state index is 12.1. The minimum absolute atomic E-state index is 0.0935. The average molecular weight is 286 g/mol. The van der Waals surface area contributed by atoms with E-state index in [2.05, 4.69) is 21.9 Å². The predicted octanol–water partition coefficient (Wildman–Crippen LogP) is 0.395. The zero-order chi connectivity index (χ0) is 14.0. The van der Waals surface area contributed by atoms with Crippen LogP contribution in [0.1, 0.15) is 25.6 Å². The summed E-state index contributed by atoms with van der Waals surface area (Å²) >= 11 is 0. The van der Waals surface area contributed by atoms with Crippen LogP contribution in [-0.2, 0) is 17.1 Å². The van der Waals surface area contributed by atoms with Crippen molar-refractivity contribution in [1.29, 1.82) is 0 Å². The summed E-state index contributed by atoms with van der Waals surface area (Å²) in [7, 11) is -1.72. The lowest BCUT2D eigenvalue weighted by Gasteiger charge is -2.29. The molecular formula is C12H22N4O2S. The lowest BCUT2D eigenvalue weighted by Crippen LogP contribution is -2.47. The summed E-state index contributed by atoms with van der Waals surface area (Å²) in [5.74, 6) is 1.17. The van der Waals surface area contributed by atoms with Gasteiger partial charge in [0.2, 0.25) is 0 Å². The summed E-state index contributed by atoms with van der Waals surface area (Å²) < 4.78 is 28.6. The quantitative estimate of drug-likeness (QED) is 0.840. The first-order chi connectivity index (χ1) is 8.90. The Morgan fingerprint density at radius 2 is 2.32 bits per heavy atom. The standard InChI is InChI=1S/C12H22N4O2S/c1-9-5-4-6-13-11(9)7-14-19(17,18)12-8-16(3)10(2)15-12/h8-9,11,13-14H,4-7H2,1-3H3. The fraction of sp³-hybridized carbons (Fsp3) is 0.750. The van der Waals surface area contributed by atoms with E-state index in [0.717, 1.165) is 19.4 Å². The van der Waals surface area contributed by atoms with Crippen molar-refractivity contribution in [3.63, 3.8) is 0 Å².